The van der Waals surface area contributed by atoms with E-state index in [1.165, 1.54) is 6.20 Å². The third-order valence-corrected chi connectivity index (χ3v) is 3.66. The van der Waals surface area contributed by atoms with Crippen molar-refractivity contribution in [2.75, 3.05) is 0 Å². The first-order valence-electron chi connectivity index (χ1n) is 6.60. The van der Waals surface area contributed by atoms with Gasteiger partial charge in [-0.1, -0.05) is 54.1 Å². The molecule has 0 aliphatic carbocycles. The number of rotatable bonds is 3. The monoisotopic (exact) mass is 296 g/mol. The second-order valence-corrected chi connectivity index (χ2v) is 5.08. The van der Waals surface area contributed by atoms with Crippen molar-refractivity contribution >= 4 is 28.3 Å². The molecule has 0 atom stereocenters. The average molecular weight is 297 g/mol. The molecule has 0 bridgehead atoms. The largest absolute Gasteiger partial charge is 0.348 e. The van der Waals surface area contributed by atoms with Gasteiger partial charge in [0.15, 0.2) is 0 Å². The van der Waals surface area contributed by atoms with Crippen molar-refractivity contribution in [3.63, 3.8) is 0 Å². The predicted octanol–water partition coefficient (Wildman–Crippen LogP) is 3.82. The summed E-state index contributed by atoms with van der Waals surface area (Å²) in [4.78, 5) is 16.1. The van der Waals surface area contributed by atoms with Gasteiger partial charge in [0.25, 0.3) is 5.91 Å². The van der Waals surface area contributed by atoms with Crippen molar-refractivity contribution in [3.05, 3.63) is 77.1 Å². The number of halogens is 1. The van der Waals surface area contributed by atoms with Crippen LogP contribution in [0, 0.1) is 0 Å². The Bertz CT molecular complexity index is 796. The van der Waals surface area contributed by atoms with Crippen LogP contribution in [0.3, 0.4) is 0 Å². The lowest BCUT2D eigenvalue weighted by Gasteiger charge is -2.09. The highest BCUT2D eigenvalue weighted by molar-refractivity contribution is 6.33. The molecule has 0 fully saturated rings. The van der Waals surface area contributed by atoms with Crippen molar-refractivity contribution < 1.29 is 4.79 Å². The molecule has 1 amide bonds. The van der Waals surface area contributed by atoms with Crippen LogP contribution in [0.4, 0.5) is 0 Å². The van der Waals surface area contributed by atoms with Crippen molar-refractivity contribution in [1.29, 1.82) is 0 Å². The minimum absolute atomic E-state index is 0.221. The number of benzene rings is 2. The van der Waals surface area contributed by atoms with Crippen LogP contribution in [0.25, 0.3) is 10.8 Å². The fourth-order valence-electron chi connectivity index (χ4n) is 2.26. The quantitative estimate of drug-likeness (QED) is 0.798. The minimum Gasteiger partial charge on any atom is -0.348 e. The molecule has 21 heavy (non-hydrogen) atoms. The number of carbonyl (C=O) groups is 1. The zero-order valence-corrected chi connectivity index (χ0v) is 12.0. The Morgan fingerprint density at radius 2 is 1.90 bits per heavy atom. The summed E-state index contributed by atoms with van der Waals surface area (Å²) in [6, 6.07) is 15.7. The van der Waals surface area contributed by atoms with Gasteiger partial charge >= 0.3 is 0 Å². The number of nitrogens with one attached hydrogen (secondary N) is 1. The maximum absolute atomic E-state index is 12.1. The van der Waals surface area contributed by atoms with Crippen LogP contribution in [-0.2, 0) is 6.54 Å². The molecule has 0 saturated carbocycles. The number of hydrogen-bond donors (Lipinski definition) is 1. The normalized spacial score (nSPS) is 10.5. The Kier molecular flexibility index (Phi) is 3.84. The smallest absolute Gasteiger partial charge is 0.254 e. The van der Waals surface area contributed by atoms with Crippen LogP contribution in [0.1, 0.15) is 15.9 Å². The van der Waals surface area contributed by atoms with E-state index in [4.69, 9.17) is 11.6 Å². The Hall–Kier alpha value is -2.39. The van der Waals surface area contributed by atoms with Crippen LogP contribution in [0.5, 0.6) is 0 Å². The molecule has 3 rings (SSSR count). The molecule has 0 aliphatic heterocycles. The van der Waals surface area contributed by atoms with E-state index in [2.05, 4.69) is 22.4 Å². The first kappa shape index (κ1) is 13.6. The lowest BCUT2D eigenvalue weighted by Crippen LogP contribution is -2.23. The van der Waals surface area contributed by atoms with E-state index in [0.29, 0.717) is 17.1 Å². The fraction of sp³-hybridized carbons (Fsp3) is 0.0588. The van der Waals surface area contributed by atoms with E-state index in [0.717, 1.165) is 16.3 Å². The Balaban J connectivity index is 1.81. The number of fused-ring (bicyclic) bond motifs is 1. The third kappa shape index (κ3) is 2.88. The van der Waals surface area contributed by atoms with Crippen LogP contribution in [-0.4, -0.2) is 10.9 Å². The van der Waals surface area contributed by atoms with E-state index in [1.807, 2.05) is 30.3 Å². The molecule has 2 aromatic carbocycles. The average Bonchev–Trinajstić information content (AvgIpc) is 2.53. The van der Waals surface area contributed by atoms with Gasteiger partial charge in [-0.25, -0.2) is 0 Å². The van der Waals surface area contributed by atoms with Gasteiger partial charge in [0, 0.05) is 18.9 Å². The van der Waals surface area contributed by atoms with Gasteiger partial charge in [0.05, 0.1) is 10.6 Å². The van der Waals surface area contributed by atoms with Crippen molar-refractivity contribution in [1.82, 2.24) is 10.3 Å². The molecule has 1 heterocycles. The Labute approximate surface area is 127 Å². The number of amides is 1. The molecule has 1 aromatic heterocycles. The van der Waals surface area contributed by atoms with Crippen LogP contribution < -0.4 is 5.32 Å². The molecule has 0 aliphatic rings. The third-order valence-electron chi connectivity index (χ3n) is 3.33. The lowest BCUT2D eigenvalue weighted by molar-refractivity contribution is 0.0951. The van der Waals surface area contributed by atoms with Gasteiger partial charge in [-0.2, -0.15) is 0 Å². The summed E-state index contributed by atoms with van der Waals surface area (Å²) in [6.07, 6.45) is 3.03. The highest BCUT2D eigenvalue weighted by Crippen LogP contribution is 2.19. The van der Waals surface area contributed by atoms with E-state index in [-0.39, 0.29) is 5.91 Å². The second-order valence-electron chi connectivity index (χ2n) is 4.68. The number of carbonyl (C=O) groups excluding carboxylic acids is 1. The highest BCUT2D eigenvalue weighted by atomic mass is 35.5. The van der Waals surface area contributed by atoms with Gasteiger partial charge in [-0.05, 0) is 22.4 Å². The van der Waals surface area contributed by atoms with Gasteiger partial charge in [-0.15, -0.1) is 0 Å². The number of pyridine rings is 1. The van der Waals surface area contributed by atoms with Crippen LogP contribution in [0.15, 0.2) is 60.9 Å². The molecule has 0 unspecified atom stereocenters. The number of nitrogens with zero attached hydrogens (tertiary/aromatic N) is 1. The number of hydrogen-bond acceptors (Lipinski definition) is 2. The zero-order chi connectivity index (χ0) is 14.7. The SMILES string of the molecule is O=C(NCc1cccc2ccccc12)c1cnccc1Cl. The molecule has 0 spiro atoms. The molecule has 1 N–H and O–H groups in total. The predicted molar refractivity (Wildman–Crippen MR) is 84.4 cm³/mol. The standard InChI is InChI=1S/C17H13ClN2O/c18-16-8-9-19-11-15(16)17(21)20-10-13-6-3-5-12-4-1-2-7-14(12)13/h1-9,11H,10H2,(H,20,21). The minimum atomic E-state index is -0.221. The zero-order valence-electron chi connectivity index (χ0n) is 11.2. The Morgan fingerprint density at radius 1 is 1.10 bits per heavy atom. The van der Waals surface area contributed by atoms with Gasteiger partial charge in [0.2, 0.25) is 0 Å². The highest BCUT2D eigenvalue weighted by Gasteiger charge is 2.10. The topological polar surface area (TPSA) is 42.0 Å². The van der Waals surface area contributed by atoms with Crippen LogP contribution >= 0.6 is 11.6 Å². The summed E-state index contributed by atoms with van der Waals surface area (Å²) in [5, 5.41) is 5.58. The molecule has 0 saturated heterocycles. The van der Waals surface area contributed by atoms with Gasteiger partial charge < -0.3 is 5.32 Å². The molecular weight excluding hydrogens is 284 g/mol. The van der Waals surface area contributed by atoms with Crippen molar-refractivity contribution in [2.45, 2.75) is 6.54 Å². The number of aromatic nitrogens is 1. The fourth-order valence-corrected chi connectivity index (χ4v) is 2.45. The molecule has 3 aromatic rings. The summed E-state index contributed by atoms with van der Waals surface area (Å²) in [5.41, 5.74) is 1.46. The van der Waals surface area contributed by atoms with Crippen LogP contribution in [0.2, 0.25) is 5.02 Å². The first-order valence-corrected chi connectivity index (χ1v) is 6.98. The summed E-state index contributed by atoms with van der Waals surface area (Å²) < 4.78 is 0. The van der Waals surface area contributed by atoms with E-state index < -0.39 is 0 Å². The van der Waals surface area contributed by atoms with E-state index >= 15 is 0 Å². The summed E-state index contributed by atoms with van der Waals surface area (Å²) in [5.74, 6) is -0.221. The van der Waals surface area contributed by atoms with E-state index in [1.54, 1.807) is 12.3 Å². The molecular formula is C17H13ClN2O. The molecule has 3 nitrogen and oxygen atoms in total. The van der Waals surface area contributed by atoms with Gasteiger partial charge in [-0.3, -0.25) is 9.78 Å². The maximum Gasteiger partial charge on any atom is 0.254 e. The summed E-state index contributed by atoms with van der Waals surface area (Å²) in [6.45, 7) is 0.450. The lowest BCUT2D eigenvalue weighted by atomic mass is 10.0. The summed E-state index contributed by atoms with van der Waals surface area (Å²) in [7, 11) is 0. The van der Waals surface area contributed by atoms with Crippen molar-refractivity contribution in [2.24, 2.45) is 0 Å². The first-order chi connectivity index (χ1) is 10.3. The molecule has 0 radical (unpaired) electrons. The summed E-state index contributed by atoms with van der Waals surface area (Å²) >= 11 is 6.00. The van der Waals surface area contributed by atoms with Crippen molar-refractivity contribution in [3.8, 4) is 0 Å². The Morgan fingerprint density at radius 3 is 2.76 bits per heavy atom. The van der Waals surface area contributed by atoms with Gasteiger partial charge in [0.1, 0.15) is 0 Å². The molecule has 104 valence electrons. The maximum atomic E-state index is 12.1. The van der Waals surface area contributed by atoms with E-state index in [9.17, 15) is 4.79 Å². The molecule has 4 heteroatoms. The second kappa shape index (κ2) is 5.94.